The maximum Gasteiger partial charge on any atom is 0.282 e. The monoisotopic (exact) mass is 519 g/mol. The third kappa shape index (κ3) is 4.69. The Morgan fingerprint density at radius 1 is 0.974 bits per heavy atom. The van der Waals surface area contributed by atoms with Gasteiger partial charge in [0.15, 0.2) is 5.76 Å². The Morgan fingerprint density at radius 2 is 1.82 bits per heavy atom. The molecule has 0 radical (unpaired) electrons. The van der Waals surface area contributed by atoms with Crippen molar-refractivity contribution in [1.82, 2.24) is 9.66 Å². The standard InChI is InChI=1S/C31H22ClN3O3/c1-20-7-6-8-21(15-20)19-37-27-14-13-24(32)16-23(27)18-33-35-30(29-17-22-9-2-5-12-28(22)38-29)34-26-11-4-3-10-25(26)31(35)36/h2-18H,19H2,1H3. The van der Waals surface area contributed by atoms with Crippen LogP contribution in [0.2, 0.25) is 5.02 Å². The first-order valence-corrected chi connectivity index (χ1v) is 12.5. The quantitative estimate of drug-likeness (QED) is 0.218. The molecule has 0 spiro atoms. The van der Waals surface area contributed by atoms with Crippen molar-refractivity contribution in [3.8, 4) is 17.3 Å². The van der Waals surface area contributed by atoms with Crippen molar-refractivity contribution in [1.29, 1.82) is 0 Å². The molecule has 0 bridgehead atoms. The van der Waals surface area contributed by atoms with Crippen molar-refractivity contribution in [3.63, 3.8) is 0 Å². The Balaban J connectivity index is 1.44. The Bertz CT molecular complexity index is 1850. The molecule has 0 N–H and O–H groups in total. The van der Waals surface area contributed by atoms with Crippen LogP contribution < -0.4 is 10.3 Å². The highest BCUT2D eigenvalue weighted by Gasteiger charge is 2.16. The molecule has 186 valence electrons. The van der Waals surface area contributed by atoms with Crippen LogP contribution in [0, 0.1) is 6.92 Å². The van der Waals surface area contributed by atoms with Gasteiger partial charge in [-0.2, -0.15) is 9.78 Å². The van der Waals surface area contributed by atoms with Gasteiger partial charge in [-0.05, 0) is 55.0 Å². The highest BCUT2D eigenvalue weighted by atomic mass is 35.5. The second-order valence-corrected chi connectivity index (χ2v) is 9.36. The summed E-state index contributed by atoms with van der Waals surface area (Å²) in [6, 6.07) is 30.1. The summed E-state index contributed by atoms with van der Waals surface area (Å²) in [5.41, 5.74) is 3.77. The van der Waals surface area contributed by atoms with E-state index in [-0.39, 0.29) is 5.56 Å². The molecule has 0 amide bonds. The minimum absolute atomic E-state index is 0.297. The highest BCUT2D eigenvalue weighted by molar-refractivity contribution is 6.30. The molecule has 7 heteroatoms. The van der Waals surface area contributed by atoms with Crippen LogP contribution in [0.25, 0.3) is 33.5 Å². The van der Waals surface area contributed by atoms with Crippen LogP contribution >= 0.6 is 11.6 Å². The molecule has 0 fully saturated rings. The summed E-state index contributed by atoms with van der Waals surface area (Å²) in [5, 5.41) is 6.44. The van der Waals surface area contributed by atoms with Crippen molar-refractivity contribution >= 4 is 39.7 Å². The number of fused-ring (bicyclic) bond motifs is 2. The third-order valence-corrected chi connectivity index (χ3v) is 6.40. The van der Waals surface area contributed by atoms with Crippen LogP contribution in [0.15, 0.2) is 111 Å². The fourth-order valence-electron chi connectivity index (χ4n) is 4.32. The molecule has 0 atom stereocenters. The van der Waals surface area contributed by atoms with Crippen molar-refractivity contribution < 1.29 is 9.15 Å². The molecular weight excluding hydrogens is 498 g/mol. The number of hydrogen-bond donors (Lipinski definition) is 0. The second-order valence-electron chi connectivity index (χ2n) is 8.92. The van der Waals surface area contributed by atoms with Gasteiger partial charge in [-0.25, -0.2) is 4.98 Å². The molecule has 4 aromatic carbocycles. The van der Waals surface area contributed by atoms with Crippen molar-refractivity contribution in [2.75, 3.05) is 0 Å². The number of para-hydroxylation sites is 2. The molecule has 0 aliphatic heterocycles. The minimum Gasteiger partial charge on any atom is -0.488 e. The summed E-state index contributed by atoms with van der Waals surface area (Å²) in [4.78, 5) is 18.3. The predicted molar refractivity (Wildman–Crippen MR) is 151 cm³/mol. The zero-order chi connectivity index (χ0) is 26.1. The first kappa shape index (κ1) is 23.7. The normalized spacial score (nSPS) is 11.5. The maximum atomic E-state index is 13.6. The van der Waals surface area contributed by atoms with Gasteiger partial charge in [-0.3, -0.25) is 4.79 Å². The first-order valence-electron chi connectivity index (χ1n) is 12.1. The Labute approximate surface area is 223 Å². The topological polar surface area (TPSA) is 69.6 Å². The van der Waals surface area contributed by atoms with E-state index in [1.807, 2.05) is 61.5 Å². The van der Waals surface area contributed by atoms with Gasteiger partial charge in [-0.15, -0.1) is 0 Å². The molecule has 0 aliphatic rings. The molecule has 0 aliphatic carbocycles. The second kappa shape index (κ2) is 10.00. The van der Waals surface area contributed by atoms with Crippen molar-refractivity contribution in [3.05, 3.63) is 129 Å². The summed E-state index contributed by atoms with van der Waals surface area (Å²) in [7, 11) is 0. The minimum atomic E-state index is -0.313. The lowest BCUT2D eigenvalue weighted by Crippen LogP contribution is -2.20. The largest absolute Gasteiger partial charge is 0.488 e. The van der Waals surface area contributed by atoms with Gasteiger partial charge in [0.05, 0.1) is 17.1 Å². The number of ether oxygens (including phenoxy) is 1. The van der Waals surface area contributed by atoms with Gasteiger partial charge in [-0.1, -0.05) is 71.8 Å². The molecule has 0 saturated heterocycles. The Hall–Kier alpha value is -4.68. The molecule has 0 saturated carbocycles. The molecule has 2 aromatic heterocycles. The van der Waals surface area contributed by atoms with E-state index in [0.717, 1.165) is 16.5 Å². The lowest BCUT2D eigenvalue weighted by atomic mass is 10.1. The zero-order valence-electron chi connectivity index (χ0n) is 20.5. The Kier molecular flexibility index (Phi) is 6.23. The van der Waals surface area contributed by atoms with Crippen LogP contribution in [0.1, 0.15) is 16.7 Å². The van der Waals surface area contributed by atoms with Crippen LogP contribution in [-0.4, -0.2) is 15.9 Å². The summed E-state index contributed by atoms with van der Waals surface area (Å²) in [6.45, 7) is 2.42. The summed E-state index contributed by atoms with van der Waals surface area (Å²) >= 11 is 6.31. The number of furan rings is 1. The first-order chi connectivity index (χ1) is 18.5. The molecule has 2 heterocycles. The molecule has 6 rings (SSSR count). The average molecular weight is 520 g/mol. The number of nitrogens with zero attached hydrogens (tertiary/aromatic N) is 3. The molecular formula is C31H22ClN3O3. The fraction of sp³-hybridized carbons (Fsp3) is 0.0645. The van der Waals surface area contributed by atoms with Crippen LogP contribution in [0.5, 0.6) is 5.75 Å². The van der Waals surface area contributed by atoms with E-state index in [9.17, 15) is 4.79 Å². The third-order valence-electron chi connectivity index (χ3n) is 6.16. The predicted octanol–water partition coefficient (Wildman–Crippen LogP) is 7.23. The van der Waals surface area contributed by atoms with E-state index in [0.29, 0.717) is 51.0 Å². The van der Waals surface area contributed by atoms with E-state index >= 15 is 0 Å². The zero-order valence-corrected chi connectivity index (χ0v) is 21.2. The molecule has 0 unspecified atom stereocenters. The molecule has 6 nitrogen and oxygen atoms in total. The fourth-order valence-corrected chi connectivity index (χ4v) is 4.50. The van der Waals surface area contributed by atoms with E-state index in [1.54, 1.807) is 42.6 Å². The number of hydrogen-bond acceptors (Lipinski definition) is 5. The SMILES string of the molecule is Cc1cccc(COc2ccc(Cl)cc2C=Nn2c(-c3cc4ccccc4o3)nc3ccccc3c2=O)c1. The van der Waals surface area contributed by atoms with Crippen LogP contribution in [0.3, 0.4) is 0 Å². The summed E-state index contributed by atoms with van der Waals surface area (Å²) < 4.78 is 13.4. The van der Waals surface area contributed by atoms with E-state index in [1.165, 1.54) is 4.68 Å². The summed E-state index contributed by atoms with van der Waals surface area (Å²) in [5.74, 6) is 1.32. The number of aromatic nitrogens is 2. The van der Waals surface area contributed by atoms with Gasteiger partial charge >= 0.3 is 0 Å². The Morgan fingerprint density at radius 3 is 2.68 bits per heavy atom. The lowest BCUT2D eigenvalue weighted by molar-refractivity contribution is 0.305. The van der Waals surface area contributed by atoms with Crippen LogP contribution in [-0.2, 0) is 6.61 Å². The number of rotatable bonds is 6. The number of halogens is 1. The lowest BCUT2D eigenvalue weighted by Gasteiger charge is -2.11. The van der Waals surface area contributed by atoms with Gasteiger partial charge < -0.3 is 9.15 Å². The number of benzene rings is 4. The summed E-state index contributed by atoms with van der Waals surface area (Å²) in [6.07, 6.45) is 1.56. The van der Waals surface area contributed by atoms with Gasteiger partial charge in [0.1, 0.15) is 17.9 Å². The highest BCUT2D eigenvalue weighted by Crippen LogP contribution is 2.28. The number of aryl methyl sites for hydroxylation is 1. The van der Waals surface area contributed by atoms with E-state index in [2.05, 4.69) is 11.2 Å². The van der Waals surface area contributed by atoms with E-state index in [4.69, 9.17) is 25.7 Å². The van der Waals surface area contributed by atoms with Gasteiger partial charge in [0.25, 0.3) is 5.56 Å². The van der Waals surface area contributed by atoms with E-state index < -0.39 is 0 Å². The molecule has 6 aromatic rings. The van der Waals surface area contributed by atoms with Crippen molar-refractivity contribution in [2.24, 2.45) is 5.10 Å². The molecule has 38 heavy (non-hydrogen) atoms. The smallest absolute Gasteiger partial charge is 0.282 e. The average Bonchev–Trinajstić information content (AvgIpc) is 3.36. The van der Waals surface area contributed by atoms with Crippen molar-refractivity contribution in [2.45, 2.75) is 13.5 Å². The van der Waals surface area contributed by atoms with Crippen LogP contribution in [0.4, 0.5) is 0 Å². The van der Waals surface area contributed by atoms with Gasteiger partial charge in [0, 0.05) is 16.0 Å². The maximum absolute atomic E-state index is 13.6. The van der Waals surface area contributed by atoms with Gasteiger partial charge in [0.2, 0.25) is 5.82 Å².